The van der Waals surface area contributed by atoms with Crippen molar-refractivity contribution in [1.29, 1.82) is 0 Å². The Balaban J connectivity index is 1.68. The van der Waals surface area contributed by atoms with Crippen molar-refractivity contribution in [2.75, 3.05) is 32.1 Å². The summed E-state index contributed by atoms with van der Waals surface area (Å²) in [6.07, 6.45) is 3.86. The molecule has 3 aromatic rings. The van der Waals surface area contributed by atoms with Crippen LogP contribution in [0.4, 0.5) is 10.6 Å². The number of amides is 2. The van der Waals surface area contributed by atoms with Crippen LogP contribution in [-0.4, -0.2) is 85.8 Å². The number of carbonyl (C=O) groups is 2. The van der Waals surface area contributed by atoms with E-state index in [1.807, 2.05) is 18.6 Å². The summed E-state index contributed by atoms with van der Waals surface area (Å²) in [5, 5.41) is 15.6. The van der Waals surface area contributed by atoms with Crippen molar-refractivity contribution in [3.8, 4) is 11.4 Å². The van der Waals surface area contributed by atoms with Gasteiger partial charge in [0, 0.05) is 56.9 Å². The van der Waals surface area contributed by atoms with Gasteiger partial charge in [0.05, 0.1) is 11.8 Å². The zero-order chi connectivity index (χ0) is 25.5. The molecule has 1 N–H and O–H groups in total. The lowest BCUT2D eigenvalue weighted by Crippen LogP contribution is -2.47. The normalized spacial score (nSPS) is 15.9. The van der Waals surface area contributed by atoms with Crippen molar-refractivity contribution in [2.45, 2.75) is 52.6 Å². The quantitative estimate of drug-likeness (QED) is 0.567. The van der Waals surface area contributed by atoms with Crippen molar-refractivity contribution >= 4 is 34.0 Å². The topological polar surface area (TPSA) is 107 Å². The van der Waals surface area contributed by atoms with Gasteiger partial charge in [-0.3, -0.25) is 4.79 Å². The molecule has 4 heterocycles. The summed E-state index contributed by atoms with van der Waals surface area (Å²) in [5.74, 6) is 0.978. The lowest BCUT2D eigenvalue weighted by molar-refractivity contribution is 0.0638. The Labute approximate surface area is 209 Å². The van der Waals surface area contributed by atoms with E-state index in [4.69, 9.17) is 4.98 Å². The zero-order valence-corrected chi connectivity index (χ0v) is 21.9. The highest BCUT2D eigenvalue weighted by Gasteiger charge is 2.30. The molecule has 0 saturated carbocycles. The van der Waals surface area contributed by atoms with Crippen LogP contribution in [0.15, 0.2) is 23.8 Å². The first-order valence-corrected chi connectivity index (χ1v) is 12.6. The number of anilines is 1. The summed E-state index contributed by atoms with van der Waals surface area (Å²) in [6.45, 7) is 9.62. The third-order valence-electron chi connectivity index (χ3n) is 7.10. The fourth-order valence-electron chi connectivity index (χ4n) is 4.28. The van der Waals surface area contributed by atoms with Crippen LogP contribution in [0.3, 0.4) is 0 Å². The van der Waals surface area contributed by atoms with Gasteiger partial charge in [-0.05, 0) is 25.2 Å². The summed E-state index contributed by atoms with van der Waals surface area (Å²) in [7, 11) is 3.57. The molecule has 0 radical (unpaired) electrons. The summed E-state index contributed by atoms with van der Waals surface area (Å²) in [4.78, 5) is 40.5. The molecule has 1 aliphatic rings. The molecular formula is C24H33N7O3S. The number of hydrogen-bond acceptors (Lipinski definition) is 7. The SMILES string of the molecule is C[C@@H](N(C)c1cc(C(=O)N2CCC(N(C)C(=O)O)CC2)nc(-c2cnn3ccsc23)n1)C(C)(C)C. The fourth-order valence-corrected chi connectivity index (χ4v) is 5.07. The zero-order valence-electron chi connectivity index (χ0n) is 21.1. The Morgan fingerprint density at radius 2 is 1.89 bits per heavy atom. The number of fused-ring (bicyclic) bond motifs is 1. The van der Waals surface area contributed by atoms with Crippen LogP contribution in [0.25, 0.3) is 16.2 Å². The molecule has 0 aromatic carbocycles. The van der Waals surface area contributed by atoms with Gasteiger partial charge >= 0.3 is 6.09 Å². The average Bonchev–Trinajstić information content (AvgIpc) is 3.45. The average molecular weight is 500 g/mol. The van der Waals surface area contributed by atoms with Crippen molar-refractivity contribution in [1.82, 2.24) is 29.4 Å². The van der Waals surface area contributed by atoms with Crippen LogP contribution in [-0.2, 0) is 0 Å². The van der Waals surface area contributed by atoms with Crippen LogP contribution in [0.5, 0.6) is 0 Å². The highest BCUT2D eigenvalue weighted by atomic mass is 32.1. The minimum absolute atomic E-state index is 0.000812. The molecule has 11 heteroatoms. The van der Waals surface area contributed by atoms with Crippen LogP contribution in [0.1, 0.15) is 51.0 Å². The van der Waals surface area contributed by atoms with Crippen LogP contribution >= 0.6 is 11.3 Å². The predicted molar refractivity (Wildman–Crippen MR) is 136 cm³/mol. The van der Waals surface area contributed by atoms with Crippen molar-refractivity contribution < 1.29 is 14.7 Å². The first kappa shape index (κ1) is 24.9. The first-order chi connectivity index (χ1) is 16.5. The third-order valence-corrected chi connectivity index (χ3v) is 7.99. The number of aromatic nitrogens is 4. The molecule has 0 unspecified atom stereocenters. The first-order valence-electron chi connectivity index (χ1n) is 11.8. The van der Waals surface area contributed by atoms with E-state index in [0.29, 0.717) is 43.3 Å². The van der Waals surface area contributed by atoms with Gasteiger partial charge in [-0.15, -0.1) is 11.3 Å². The number of rotatable bonds is 5. The minimum atomic E-state index is -0.947. The standard InChI is InChI=1S/C24H33N7O3S/c1-15(24(2,3)4)28(5)19-13-18(21(32)30-9-7-16(8-10-30)29(6)23(33)34)26-20(27-19)17-14-25-31-11-12-35-22(17)31/h11-16H,7-10H2,1-6H3,(H,33,34)/t15-/m1/s1. The second-order valence-corrected chi connectivity index (χ2v) is 11.1. The van der Waals surface area contributed by atoms with E-state index >= 15 is 0 Å². The smallest absolute Gasteiger partial charge is 0.407 e. The van der Waals surface area contributed by atoms with Gasteiger partial charge in [0.1, 0.15) is 16.3 Å². The van der Waals surface area contributed by atoms with Gasteiger partial charge in [0.2, 0.25) is 0 Å². The second kappa shape index (κ2) is 9.44. The molecule has 1 atom stereocenters. The maximum absolute atomic E-state index is 13.6. The molecule has 0 aliphatic carbocycles. The van der Waals surface area contributed by atoms with E-state index in [1.54, 1.807) is 40.1 Å². The highest BCUT2D eigenvalue weighted by molar-refractivity contribution is 7.16. The maximum atomic E-state index is 13.6. The van der Waals surface area contributed by atoms with Crippen molar-refractivity contribution in [3.05, 3.63) is 29.5 Å². The minimum Gasteiger partial charge on any atom is -0.465 e. The Kier molecular flexibility index (Phi) is 6.72. The van der Waals surface area contributed by atoms with E-state index in [0.717, 1.165) is 10.4 Å². The number of likely N-dealkylation sites (tertiary alicyclic amines) is 1. The number of thiazole rings is 1. The maximum Gasteiger partial charge on any atom is 0.407 e. The summed E-state index contributed by atoms with van der Waals surface area (Å²) >= 11 is 1.55. The molecule has 0 spiro atoms. The number of carbonyl (C=O) groups excluding carboxylic acids is 1. The summed E-state index contributed by atoms with van der Waals surface area (Å²) in [6, 6.07) is 1.83. The highest BCUT2D eigenvalue weighted by Crippen LogP contribution is 2.31. The van der Waals surface area contributed by atoms with Crippen molar-refractivity contribution in [3.63, 3.8) is 0 Å². The van der Waals surface area contributed by atoms with E-state index in [2.05, 4.69) is 42.7 Å². The molecular weight excluding hydrogens is 466 g/mol. The van der Waals surface area contributed by atoms with Crippen LogP contribution in [0.2, 0.25) is 0 Å². The molecule has 1 fully saturated rings. The molecule has 188 valence electrons. The molecule has 10 nitrogen and oxygen atoms in total. The van der Waals surface area contributed by atoms with Gasteiger partial charge in [-0.2, -0.15) is 5.10 Å². The molecule has 1 aliphatic heterocycles. The van der Waals surface area contributed by atoms with Gasteiger partial charge < -0.3 is 19.8 Å². The lowest BCUT2D eigenvalue weighted by Gasteiger charge is -2.37. The van der Waals surface area contributed by atoms with E-state index < -0.39 is 6.09 Å². The van der Waals surface area contributed by atoms with Crippen LogP contribution < -0.4 is 4.90 Å². The lowest BCUT2D eigenvalue weighted by atomic mass is 9.87. The largest absolute Gasteiger partial charge is 0.465 e. The van der Waals surface area contributed by atoms with E-state index in [-0.39, 0.29) is 23.4 Å². The predicted octanol–water partition coefficient (Wildman–Crippen LogP) is 3.94. The number of hydrogen-bond donors (Lipinski definition) is 1. The molecule has 4 rings (SSSR count). The molecule has 2 amide bonds. The summed E-state index contributed by atoms with van der Waals surface area (Å²) < 4.78 is 1.78. The van der Waals surface area contributed by atoms with E-state index in [9.17, 15) is 14.7 Å². The Morgan fingerprint density at radius 3 is 2.51 bits per heavy atom. The van der Waals surface area contributed by atoms with Crippen molar-refractivity contribution in [2.24, 2.45) is 5.41 Å². The summed E-state index contributed by atoms with van der Waals surface area (Å²) in [5.41, 5.74) is 1.12. The molecule has 1 saturated heterocycles. The number of nitrogens with zero attached hydrogens (tertiary/aromatic N) is 7. The number of carboxylic acid groups (broad SMARTS) is 1. The van der Waals surface area contributed by atoms with Gasteiger partial charge in [-0.25, -0.2) is 19.3 Å². The third kappa shape index (κ3) is 4.95. The Bertz CT molecular complexity index is 1220. The van der Waals surface area contributed by atoms with Gasteiger partial charge in [-0.1, -0.05) is 20.8 Å². The van der Waals surface area contributed by atoms with Gasteiger partial charge in [0.25, 0.3) is 5.91 Å². The molecule has 3 aromatic heterocycles. The van der Waals surface area contributed by atoms with Crippen LogP contribution in [0, 0.1) is 5.41 Å². The molecule has 0 bridgehead atoms. The molecule has 35 heavy (non-hydrogen) atoms. The van der Waals surface area contributed by atoms with E-state index in [1.165, 1.54) is 4.90 Å². The fraction of sp³-hybridized carbons (Fsp3) is 0.542. The number of piperidine rings is 1. The Morgan fingerprint density at radius 1 is 1.20 bits per heavy atom. The van der Waals surface area contributed by atoms with Gasteiger partial charge in [0.15, 0.2) is 5.82 Å². The monoisotopic (exact) mass is 499 g/mol. The second-order valence-electron chi connectivity index (χ2n) is 10.2. The Hall–Kier alpha value is -3.21.